The third-order valence-electron chi connectivity index (χ3n) is 13.4. The van der Waals surface area contributed by atoms with Crippen LogP contribution in [0.15, 0.2) is 198 Å². The topological polar surface area (TPSA) is 296 Å². The van der Waals surface area contributed by atoms with E-state index in [9.17, 15) is 18.0 Å². The number of ether oxygens (including phenoxy) is 3. The second-order valence-corrected chi connectivity index (χ2v) is 22.3. The maximum atomic E-state index is 12.2. The molecule has 0 aliphatic heterocycles. The van der Waals surface area contributed by atoms with Gasteiger partial charge in [-0.05, 0) is 145 Å². The molecule has 0 spiro atoms. The number of methoxy groups -OCH3 is 1. The Bertz CT molecular complexity index is 4030. The molecule has 0 unspecified atom stereocenters. The van der Waals surface area contributed by atoms with Crippen LogP contribution in [-0.2, 0) is 60.9 Å². The average Bonchev–Trinajstić information content (AvgIpc) is 2.09. The molecular weight excluding hydrogens is 1170 g/mol. The van der Waals surface area contributed by atoms with Crippen LogP contribution in [0.3, 0.4) is 0 Å². The van der Waals surface area contributed by atoms with Gasteiger partial charge in [-0.3, -0.25) is 4.18 Å². The maximum absolute atomic E-state index is 12.2. The van der Waals surface area contributed by atoms with E-state index < -0.39 is 27.8 Å². The van der Waals surface area contributed by atoms with Crippen LogP contribution < -0.4 is 15.8 Å². The molecule has 6 aromatic carbocycles. The second kappa shape index (κ2) is 33.3. The zero-order chi connectivity index (χ0) is 64.5. The first-order valence-corrected chi connectivity index (χ1v) is 30.3. The van der Waals surface area contributed by atoms with E-state index in [2.05, 4.69) is 35.3 Å². The van der Waals surface area contributed by atoms with E-state index in [1.54, 1.807) is 62.4 Å². The number of hydrogen-bond acceptors (Lipinski definition) is 18. The summed E-state index contributed by atoms with van der Waals surface area (Å²) in [6, 6.07) is 52.4. The van der Waals surface area contributed by atoms with Gasteiger partial charge in [0.05, 0.1) is 41.4 Å². The molecule has 0 saturated heterocycles. The lowest BCUT2D eigenvalue weighted by molar-refractivity contribution is -0.156. The quantitative estimate of drug-likeness (QED) is 0.0209. The number of azide groups is 1. The van der Waals surface area contributed by atoms with E-state index in [-0.39, 0.29) is 18.1 Å². The molecule has 0 aliphatic rings. The normalized spacial score (nSPS) is 10.9. The molecule has 0 bridgehead atoms. The van der Waals surface area contributed by atoms with Gasteiger partial charge in [-0.15, -0.1) is 0 Å². The third kappa shape index (κ3) is 20.2. The fourth-order valence-corrected chi connectivity index (χ4v) is 9.49. The highest BCUT2D eigenvalue weighted by molar-refractivity contribution is 7.86. The minimum absolute atomic E-state index is 0.0117. The number of hydrogen-bond donors (Lipinski definition) is 2. The van der Waals surface area contributed by atoms with Crippen LogP contribution >= 0.6 is 0 Å². The molecular formula is C68H73N9O12S. The van der Waals surface area contributed by atoms with Gasteiger partial charge < -0.3 is 42.9 Å². The number of rotatable bonds is 22. The number of amides is 1. The molecule has 90 heavy (non-hydrogen) atoms. The molecule has 468 valence electrons. The number of aryl methyl sites for hydroxylation is 5. The van der Waals surface area contributed by atoms with Crippen molar-refractivity contribution in [2.45, 2.75) is 91.3 Å². The Morgan fingerprint density at radius 3 is 1.46 bits per heavy atom. The van der Waals surface area contributed by atoms with Gasteiger partial charge in [-0.1, -0.05) is 108 Å². The average molecular weight is 1240 g/mol. The Balaban J connectivity index is 0.000000179. The monoisotopic (exact) mass is 1240 g/mol. The van der Waals surface area contributed by atoms with Gasteiger partial charge in [0.1, 0.15) is 35.4 Å². The SMILES string of the molecule is COC(=O)C(C)(C)Oc1cccc(COC(=O)NCCc2nc(-c3ccccc3)oc2C)c1.Cc1ccc(S(=O)(=O)OCCc2nc(-c3ccccc3)oc2C)cc1.Cc1oc(-c2ccccc2)nc1CCN.Cc1oc(-c2ccccc2)nc1CCN=[N+]=[N-]. The Hall–Kier alpha value is -10.1. The Morgan fingerprint density at radius 1 is 0.589 bits per heavy atom. The number of benzene rings is 6. The highest BCUT2D eigenvalue weighted by Crippen LogP contribution is 2.27. The van der Waals surface area contributed by atoms with Crippen molar-refractivity contribution in [1.82, 2.24) is 25.3 Å². The summed E-state index contributed by atoms with van der Waals surface area (Å²) in [4.78, 5) is 44.5. The first kappa shape index (κ1) is 67.4. The lowest BCUT2D eigenvalue weighted by Crippen LogP contribution is -2.39. The van der Waals surface area contributed by atoms with Gasteiger partial charge in [0.2, 0.25) is 23.6 Å². The first-order chi connectivity index (χ1) is 43.4. The van der Waals surface area contributed by atoms with Gasteiger partial charge in [0.25, 0.3) is 10.1 Å². The molecule has 22 heteroatoms. The van der Waals surface area contributed by atoms with Crippen LogP contribution in [0.25, 0.3) is 56.3 Å². The van der Waals surface area contributed by atoms with Gasteiger partial charge >= 0.3 is 12.1 Å². The first-order valence-electron chi connectivity index (χ1n) is 28.9. The van der Waals surface area contributed by atoms with Crippen molar-refractivity contribution >= 4 is 22.2 Å². The maximum Gasteiger partial charge on any atom is 0.407 e. The number of nitrogens with zero attached hydrogens (tertiary/aromatic N) is 7. The lowest BCUT2D eigenvalue weighted by Gasteiger charge is -2.23. The van der Waals surface area contributed by atoms with Crippen LogP contribution in [0.5, 0.6) is 5.75 Å². The van der Waals surface area contributed by atoms with E-state index >= 15 is 0 Å². The van der Waals surface area contributed by atoms with Crippen LogP contribution in [0.1, 0.15) is 70.8 Å². The van der Waals surface area contributed by atoms with Crippen molar-refractivity contribution in [1.29, 1.82) is 0 Å². The van der Waals surface area contributed by atoms with Crippen molar-refractivity contribution in [3.63, 3.8) is 0 Å². The molecule has 10 rings (SSSR count). The van der Waals surface area contributed by atoms with Gasteiger partial charge in [-0.2, -0.15) is 8.42 Å². The number of alkyl carbamates (subject to hydrolysis) is 1. The van der Waals surface area contributed by atoms with Crippen molar-refractivity contribution in [3.8, 4) is 51.6 Å². The Morgan fingerprint density at radius 2 is 1.02 bits per heavy atom. The third-order valence-corrected chi connectivity index (χ3v) is 14.7. The van der Waals surface area contributed by atoms with E-state index in [4.69, 9.17) is 47.3 Å². The number of carbonyl (C=O) groups is 2. The number of oxazole rings is 4. The van der Waals surface area contributed by atoms with Crippen molar-refractivity contribution < 1.29 is 54.1 Å². The summed E-state index contributed by atoms with van der Waals surface area (Å²) < 4.78 is 67.8. The van der Waals surface area contributed by atoms with Gasteiger partial charge in [0, 0.05) is 59.5 Å². The predicted molar refractivity (Wildman–Crippen MR) is 340 cm³/mol. The molecule has 3 N–H and O–H groups in total. The molecule has 0 saturated carbocycles. The summed E-state index contributed by atoms with van der Waals surface area (Å²) in [6.45, 7) is 14.0. The molecule has 0 radical (unpaired) electrons. The summed E-state index contributed by atoms with van der Waals surface area (Å²) in [5.41, 5.74) is 21.3. The van der Waals surface area contributed by atoms with E-state index in [1.165, 1.54) is 7.11 Å². The fraction of sp³-hybridized carbons (Fsp3) is 0.265. The number of esters is 1. The molecule has 0 aliphatic carbocycles. The van der Waals surface area contributed by atoms with E-state index in [0.717, 1.165) is 74.2 Å². The van der Waals surface area contributed by atoms with E-state index in [0.29, 0.717) is 79.7 Å². The largest absolute Gasteiger partial charge is 0.476 e. The zero-order valence-electron chi connectivity index (χ0n) is 51.5. The van der Waals surface area contributed by atoms with Crippen LogP contribution in [0.2, 0.25) is 0 Å². The summed E-state index contributed by atoms with van der Waals surface area (Å²) in [7, 11) is -2.46. The molecule has 21 nitrogen and oxygen atoms in total. The Kier molecular flexibility index (Phi) is 24.9. The standard InChI is InChI=1S/C25H28N2O6.C19H19NO4S.C12H12N4O.C12H14N2O/c1-17-21(27-22(32-17)19-10-6-5-7-11-19)13-14-26-24(29)31-16-18-9-8-12-20(15-18)33-25(2,3)23(28)30-4;1-14-8-10-17(11-9-14)25(21,22)23-13-12-18-15(2)24-19(20-18)16-6-4-3-5-7-16;1-9-11(7-8-14-16-13)15-12(17-9)10-5-3-2-4-6-10;1-9-11(7-8-13)14-12(15-9)10-5-3-2-4-6-10/h5-12,15H,13-14,16H2,1-4H3,(H,26,29);3-11H,12-13H2,1-2H3;2-6H,7-8H2,1H3;2-6H,7-8,13H2,1H3. The number of carbonyl (C=O) groups excluding carboxylic acids is 2. The highest BCUT2D eigenvalue weighted by atomic mass is 32.2. The summed E-state index contributed by atoms with van der Waals surface area (Å²) in [5.74, 6) is 5.37. The van der Waals surface area contributed by atoms with Crippen molar-refractivity contribution in [2.24, 2.45) is 10.8 Å². The number of aromatic nitrogens is 4. The second-order valence-electron chi connectivity index (χ2n) is 20.6. The summed E-state index contributed by atoms with van der Waals surface area (Å²) in [6.07, 6.45) is 1.70. The fourth-order valence-electron chi connectivity index (χ4n) is 8.58. The van der Waals surface area contributed by atoms with Crippen LogP contribution in [0.4, 0.5) is 4.79 Å². The van der Waals surface area contributed by atoms with Gasteiger partial charge in [0.15, 0.2) is 5.60 Å². The minimum atomic E-state index is -3.76. The van der Waals surface area contributed by atoms with Gasteiger partial charge in [-0.25, -0.2) is 29.5 Å². The molecule has 10 aromatic rings. The minimum Gasteiger partial charge on any atom is -0.476 e. The molecule has 1 amide bonds. The van der Waals surface area contributed by atoms with Crippen LogP contribution in [-0.4, -0.2) is 79.4 Å². The molecule has 4 heterocycles. The zero-order valence-corrected chi connectivity index (χ0v) is 52.4. The predicted octanol–water partition coefficient (Wildman–Crippen LogP) is 14.0. The number of nitrogens with one attached hydrogen (secondary N) is 1. The van der Waals surface area contributed by atoms with E-state index in [1.807, 2.05) is 156 Å². The summed E-state index contributed by atoms with van der Waals surface area (Å²) >= 11 is 0. The van der Waals surface area contributed by atoms with Crippen molar-refractivity contribution in [2.75, 3.05) is 33.4 Å². The summed E-state index contributed by atoms with van der Waals surface area (Å²) in [5, 5.41) is 6.21. The van der Waals surface area contributed by atoms with Crippen LogP contribution in [0, 0.1) is 34.6 Å². The highest BCUT2D eigenvalue weighted by Gasteiger charge is 2.31. The molecule has 4 aromatic heterocycles. The number of nitrogens with two attached hydrogens (primary N) is 1. The molecule has 0 atom stereocenters. The van der Waals surface area contributed by atoms with Crippen molar-refractivity contribution in [3.05, 3.63) is 237 Å². The molecule has 0 fully saturated rings. The Labute approximate surface area is 523 Å². The lowest BCUT2D eigenvalue weighted by atomic mass is 10.1. The smallest absolute Gasteiger partial charge is 0.407 e.